The second-order valence-electron chi connectivity index (χ2n) is 6.49. The van der Waals surface area contributed by atoms with Gasteiger partial charge in [0.1, 0.15) is 5.60 Å². The van der Waals surface area contributed by atoms with E-state index in [1.165, 1.54) is 4.90 Å². The van der Waals surface area contributed by atoms with Gasteiger partial charge in [0, 0.05) is 24.0 Å². The van der Waals surface area contributed by atoms with E-state index in [1.807, 2.05) is 12.1 Å². The van der Waals surface area contributed by atoms with Crippen LogP contribution >= 0.6 is 11.6 Å². The molecule has 1 fully saturated rings. The van der Waals surface area contributed by atoms with Crippen molar-refractivity contribution in [2.24, 2.45) is 5.92 Å². The highest BCUT2D eigenvalue weighted by atomic mass is 35.5. The predicted molar refractivity (Wildman–Crippen MR) is 83.1 cm³/mol. The van der Waals surface area contributed by atoms with Crippen molar-refractivity contribution in [2.45, 2.75) is 32.3 Å². The van der Waals surface area contributed by atoms with Crippen molar-refractivity contribution in [1.29, 1.82) is 0 Å². The van der Waals surface area contributed by atoms with Crippen molar-refractivity contribution >= 4 is 23.7 Å². The van der Waals surface area contributed by atoms with Crippen molar-refractivity contribution in [2.75, 3.05) is 13.1 Å². The van der Waals surface area contributed by atoms with Crippen LogP contribution in [0, 0.1) is 5.92 Å². The number of rotatable bonds is 2. The molecule has 1 aliphatic heterocycles. The number of carbonyl (C=O) groups excluding carboxylic acids is 1. The molecule has 2 atom stereocenters. The molecule has 0 bridgehead atoms. The van der Waals surface area contributed by atoms with Gasteiger partial charge < -0.3 is 14.7 Å². The number of hydrogen-bond acceptors (Lipinski definition) is 3. The highest BCUT2D eigenvalue weighted by Crippen LogP contribution is 2.34. The monoisotopic (exact) mass is 325 g/mol. The lowest BCUT2D eigenvalue weighted by Gasteiger charge is -2.24. The number of halogens is 1. The summed E-state index contributed by atoms with van der Waals surface area (Å²) in [6.07, 6.45) is -0.477. The average molecular weight is 326 g/mol. The van der Waals surface area contributed by atoms with E-state index in [-0.39, 0.29) is 12.5 Å². The molecule has 2 rings (SSSR count). The van der Waals surface area contributed by atoms with Crippen molar-refractivity contribution < 1.29 is 19.4 Å². The molecule has 1 aromatic rings. The average Bonchev–Trinajstić information content (AvgIpc) is 2.83. The number of carbonyl (C=O) groups is 2. The van der Waals surface area contributed by atoms with E-state index in [9.17, 15) is 14.7 Å². The van der Waals surface area contributed by atoms with Crippen LogP contribution in [0.25, 0.3) is 0 Å². The van der Waals surface area contributed by atoms with Crippen molar-refractivity contribution in [3.05, 3.63) is 34.9 Å². The van der Waals surface area contributed by atoms with Crippen LogP contribution in [0.4, 0.5) is 4.79 Å². The number of benzene rings is 1. The van der Waals surface area contributed by atoms with Gasteiger partial charge in [-0.25, -0.2) is 4.79 Å². The molecule has 5 nitrogen and oxygen atoms in total. The van der Waals surface area contributed by atoms with Gasteiger partial charge in [0.2, 0.25) is 0 Å². The first-order chi connectivity index (χ1) is 10.2. The summed E-state index contributed by atoms with van der Waals surface area (Å²) in [5.74, 6) is -1.82. The number of ether oxygens (including phenoxy) is 1. The van der Waals surface area contributed by atoms with Crippen LogP contribution in [0.1, 0.15) is 32.3 Å². The molecule has 1 saturated heterocycles. The van der Waals surface area contributed by atoms with Crippen LogP contribution < -0.4 is 0 Å². The molecule has 1 aliphatic rings. The molecule has 0 saturated carbocycles. The lowest BCUT2D eigenvalue weighted by atomic mass is 9.89. The molecule has 0 spiro atoms. The summed E-state index contributed by atoms with van der Waals surface area (Å²) in [7, 11) is 0. The molecular weight excluding hydrogens is 306 g/mol. The van der Waals surface area contributed by atoms with E-state index in [0.29, 0.717) is 11.6 Å². The summed E-state index contributed by atoms with van der Waals surface area (Å²) < 4.78 is 5.33. The molecule has 1 unspecified atom stereocenters. The zero-order chi connectivity index (χ0) is 16.5. The molecule has 22 heavy (non-hydrogen) atoms. The fourth-order valence-corrected chi connectivity index (χ4v) is 2.70. The standard InChI is InChI=1S/C16H20ClNO4/c1-16(2,3)22-15(21)18-8-12(13(9-18)14(19)20)10-4-6-11(17)7-5-10/h4-7,12-13H,8-9H2,1-3H3,(H,19,20)/t12?,13-/m1/s1. The molecule has 1 heterocycles. The van der Waals surface area contributed by atoms with E-state index < -0.39 is 23.6 Å². The Labute approximate surface area is 134 Å². The maximum absolute atomic E-state index is 12.1. The van der Waals surface area contributed by atoms with Gasteiger partial charge in [0.15, 0.2) is 0 Å². The van der Waals surface area contributed by atoms with Gasteiger partial charge in [0.05, 0.1) is 5.92 Å². The second-order valence-corrected chi connectivity index (χ2v) is 6.92. The van der Waals surface area contributed by atoms with E-state index in [4.69, 9.17) is 16.3 Å². The Balaban J connectivity index is 2.18. The summed E-state index contributed by atoms with van der Waals surface area (Å²) in [6, 6.07) is 7.07. The van der Waals surface area contributed by atoms with Crippen LogP contribution in [-0.2, 0) is 9.53 Å². The fraction of sp³-hybridized carbons (Fsp3) is 0.500. The smallest absolute Gasteiger partial charge is 0.410 e. The summed E-state index contributed by atoms with van der Waals surface area (Å²) in [4.78, 5) is 25.1. The third kappa shape index (κ3) is 3.91. The Hall–Kier alpha value is -1.75. The zero-order valence-corrected chi connectivity index (χ0v) is 13.6. The lowest BCUT2D eigenvalue weighted by Crippen LogP contribution is -2.35. The minimum Gasteiger partial charge on any atom is -0.481 e. The molecule has 0 aromatic heterocycles. The maximum Gasteiger partial charge on any atom is 0.410 e. The van der Waals surface area contributed by atoms with Crippen LogP contribution in [0.5, 0.6) is 0 Å². The normalized spacial score (nSPS) is 21.7. The van der Waals surface area contributed by atoms with Gasteiger partial charge in [-0.15, -0.1) is 0 Å². The zero-order valence-electron chi connectivity index (χ0n) is 12.9. The van der Waals surface area contributed by atoms with E-state index in [1.54, 1.807) is 32.9 Å². The largest absolute Gasteiger partial charge is 0.481 e. The van der Waals surface area contributed by atoms with Gasteiger partial charge in [-0.1, -0.05) is 23.7 Å². The SMILES string of the molecule is CC(C)(C)OC(=O)N1CC(c2ccc(Cl)cc2)[C@H](C(=O)O)C1. The van der Waals surface area contributed by atoms with Crippen LogP contribution in [0.2, 0.25) is 5.02 Å². The van der Waals surface area contributed by atoms with Gasteiger partial charge in [-0.2, -0.15) is 0 Å². The van der Waals surface area contributed by atoms with Crippen molar-refractivity contribution in [3.63, 3.8) is 0 Å². The molecular formula is C16H20ClNO4. The lowest BCUT2D eigenvalue weighted by molar-refractivity contribution is -0.141. The quantitative estimate of drug-likeness (QED) is 0.905. The van der Waals surface area contributed by atoms with Crippen molar-refractivity contribution in [1.82, 2.24) is 4.90 Å². The first kappa shape index (κ1) is 16.6. The van der Waals surface area contributed by atoms with Gasteiger partial charge in [0.25, 0.3) is 0 Å². The Morgan fingerprint density at radius 1 is 1.23 bits per heavy atom. The first-order valence-electron chi connectivity index (χ1n) is 7.13. The van der Waals surface area contributed by atoms with E-state index >= 15 is 0 Å². The summed E-state index contributed by atoms with van der Waals surface area (Å²) >= 11 is 5.87. The number of likely N-dealkylation sites (tertiary alicyclic amines) is 1. The number of nitrogens with zero attached hydrogens (tertiary/aromatic N) is 1. The van der Waals surface area contributed by atoms with E-state index in [2.05, 4.69) is 0 Å². The third-order valence-corrected chi connectivity index (χ3v) is 3.84. The van der Waals surface area contributed by atoms with Gasteiger partial charge in [-0.05, 0) is 38.5 Å². The Morgan fingerprint density at radius 3 is 2.32 bits per heavy atom. The second kappa shape index (κ2) is 6.16. The van der Waals surface area contributed by atoms with Crippen LogP contribution in [0.3, 0.4) is 0 Å². The maximum atomic E-state index is 12.1. The Bertz CT molecular complexity index is 565. The summed E-state index contributed by atoms with van der Waals surface area (Å²) in [5.41, 5.74) is 0.261. The number of hydrogen-bond donors (Lipinski definition) is 1. The fourth-order valence-electron chi connectivity index (χ4n) is 2.58. The third-order valence-electron chi connectivity index (χ3n) is 3.59. The van der Waals surface area contributed by atoms with Gasteiger partial charge in [-0.3, -0.25) is 4.79 Å². The van der Waals surface area contributed by atoms with Crippen LogP contribution in [0.15, 0.2) is 24.3 Å². The van der Waals surface area contributed by atoms with Crippen LogP contribution in [-0.4, -0.2) is 40.8 Å². The molecule has 1 N–H and O–H groups in total. The molecule has 6 heteroatoms. The Morgan fingerprint density at radius 2 is 1.82 bits per heavy atom. The molecule has 1 amide bonds. The predicted octanol–water partition coefficient (Wildman–Crippen LogP) is 3.38. The van der Waals surface area contributed by atoms with Gasteiger partial charge >= 0.3 is 12.1 Å². The highest BCUT2D eigenvalue weighted by molar-refractivity contribution is 6.30. The molecule has 0 aliphatic carbocycles. The van der Waals surface area contributed by atoms with Crippen molar-refractivity contribution in [3.8, 4) is 0 Å². The Kier molecular flexibility index (Phi) is 4.66. The summed E-state index contributed by atoms with van der Waals surface area (Å²) in [5, 5.41) is 10.0. The number of carboxylic acids is 1. The van der Waals surface area contributed by atoms with E-state index in [0.717, 1.165) is 5.56 Å². The number of aliphatic carboxylic acids is 1. The summed E-state index contributed by atoms with van der Waals surface area (Å²) in [6.45, 7) is 5.83. The number of amides is 1. The number of carboxylic acid groups (broad SMARTS) is 1. The minimum atomic E-state index is -0.911. The first-order valence-corrected chi connectivity index (χ1v) is 7.51. The molecule has 120 valence electrons. The highest BCUT2D eigenvalue weighted by Gasteiger charge is 2.41. The molecule has 0 radical (unpaired) electrons. The molecule has 1 aromatic carbocycles. The minimum absolute atomic E-state index is 0.150. The topological polar surface area (TPSA) is 66.8 Å².